The van der Waals surface area contributed by atoms with Crippen LogP contribution in [0.4, 0.5) is 5.95 Å². The Morgan fingerprint density at radius 3 is 2.36 bits per heavy atom. The van der Waals surface area contributed by atoms with E-state index in [0.717, 1.165) is 45.6 Å². The molecule has 0 bridgehead atoms. The van der Waals surface area contributed by atoms with Crippen molar-refractivity contribution in [2.75, 3.05) is 31.1 Å². The van der Waals surface area contributed by atoms with Gasteiger partial charge in [0.05, 0.1) is 5.56 Å². The molecule has 2 N–H and O–H groups in total. The standard InChI is InChI=1S/C20H25N5O2.ClH/c26-18(23-27)17-12-21-19(22-13-17)25-10-7-20(8-11-25)6-9-24(15-20)14-16-4-2-1-3-5-16;/h1-5,12-13,27H,6-11,14-15H2,(H,23,26);1H. The third kappa shape index (κ3) is 4.43. The summed E-state index contributed by atoms with van der Waals surface area (Å²) in [5, 5.41) is 8.67. The molecule has 2 saturated heterocycles. The Morgan fingerprint density at radius 2 is 1.71 bits per heavy atom. The molecule has 0 saturated carbocycles. The Hall–Kier alpha value is -2.22. The molecule has 0 radical (unpaired) electrons. The highest BCUT2D eigenvalue weighted by atomic mass is 35.5. The van der Waals surface area contributed by atoms with Gasteiger partial charge >= 0.3 is 0 Å². The van der Waals surface area contributed by atoms with E-state index in [1.807, 2.05) is 0 Å². The number of nitrogens with one attached hydrogen (secondary N) is 1. The minimum Gasteiger partial charge on any atom is -0.341 e. The second-order valence-electron chi connectivity index (χ2n) is 7.65. The summed E-state index contributed by atoms with van der Waals surface area (Å²) in [6.45, 7) is 5.22. The number of rotatable bonds is 4. The minimum atomic E-state index is -0.594. The van der Waals surface area contributed by atoms with Crippen LogP contribution in [0, 0.1) is 5.41 Å². The van der Waals surface area contributed by atoms with E-state index in [0.29, 0.717) is 11.4 Å². The molecule has 0 aliphatic carbocycles. The number of carbonyl (C=O) groups excluding carboxylic acids is 1. The van der Waals surface area contributed by atoms with E-state index >= 15 is 0 Å². The quantitative estimate of drug-likeness (QED) is 0.603. The van der Waals surface area contributed by atoms with Crippen LogP contribution in [0.3, 0.4) is 0 Å². The first-order chi connectivity index (χ1) is 13.2. The van der Waals surface area contributed by atoms with Crippen LogP contribution in [0.5, 0.6) is 0 Å². The highest BCUT2D eigenvalue weighted by Crippen LogP contribution is 2.41. The number of hydrogen-bond donors (Lipinski definition) is 2. The summed E-state index contributed by atoms with van der Waals surface area (Å²) in [6, 6.07) is 10.7. The van der Waals surface area contributed by atoms with Gasteiger partial charge in [-0.25, -0.2) is 15.4 Å². The Bertz CT molecular complexity index is 779. The lowest BCUT2D eigenvalue weighted by Gasteiger charge is -2.39. The summed E-state index contributed by atoms with van der Waals surface area (Å²) in [7, 11) is 0. The number of hydroxylamine groups is 1. The van der Waals surface area contributed by atoms with Gasteiger partial charge in [-0.05, 0) is 36.8 Å². The monoisotopic (exact) mass is 403 g/mol. The van der Waals surface area contributed by atoms with Gasteiger partial charge in [-0.15, -0.1) is 12.4 Å². The molecule has 7 nitrogen and oxygen atoms in total. The lowest BCUT2D eigenvalue weighted by Crippen LogP contribution is -2.42. The fourth-order valence-corrected chi connectivity index (χ4v) is 4.26. The molecular formula is C20H26ClN5O2. The molecule has 0 atom stereocenters. The largest absolute Gasteiger partial charge is 0.341 e. The third-order valence-electron chi connectivity index (χ3n) is 5.88. The van der Waals surface area contributed by atoms with Crippen molar-refractivity contribution in [1.82, 2.24) is 20.3 Å². The summed E-state index contributed by atoms with van der Waals surface area (Å²) in [6.07, 6.45) is 6.44. The molecule has 150 valence electrons. The van der Waals surface area contributed by atoms with Crippen LogP contribution in [-0.4, -0.2) is 52.2 Å². The number of hydrogen-bond acceptors (Lipinski definition) is 6. The number of carbonyl (C=O) groups is 1. The average Bonchev–Trinajstić information content (AvgIpc) is 3.11. The van der Waals surface area contributed by atoms with E-state index in [-0.39, 0.29) is 18.0 Å². The number of benzene rings is 1. The smallest absolute Gasteiger partial charge is 0.277 e. The van der Waals surface area contributed by atoms with Gasteiger partial charge in [0.25, 0.3) is 5.91 Å². The highest BCUT2D eigenvalue weighted by molar-refractivity contribution is 5.92. The van der Waals surface area contributed by atoms with Gasteiger partial charge in [0.15, 0.2) is 0 Å². The molecule has 1 aromatic heterocycles. The van der Waals surface area contributed by atoms with E-state index in [4.69, 9.17) is 5.21 Å². The molecule has 0 unspecified atom stereocenters. The van der Waals surface area contributed by atoms with E-state index in [1.54, 1.807) is 5.48 Å². The molecule has 1 amide bonds. The molecule has 4 rings (SSSR count). The van der Waals surface area contributed by atoms with Gasteiger partial charge in [-0.1, -0.05) is 30.3 Å². The second-order valence-corrected chi connectivity index (χ2v) is 7.65. The van der Waals surface area contributed by atoms with Gasteiger partial charge in [0, 0.05) is 38.6 Å². The summed E-state index contributed by atoms with van der Waals surface area (Å²) in [4.78, 5) is 24.7. The average molecular weight is 404 g/mol. The predicted molar refractivity (Wildman–Crippen MR) is 109 cm³/mol. The van der Waals surface area contributed by atoms with Crippen LogP contribution in [0.2, 0.25) is 0 Å². The first kappa shape index (κ1) is 20.5. The molecule has 2 fully saturated rings. The molecule has 2 aliphatic heterocycles. The van der Waals surface area contributed by atoms with Gasteiger partial charge in [-0.3, -0.25) is 14.9 Å². The predicted octanol–water partition coefficient (Wildman–Crippen LogP) is 2.51. The van der Waals surface area contributed by atoms with Crippen molar-refractivity contribution in [2.45, 2.75) is 25.8 Å². The summed E-state index contributed by atoms with van der Waals surface area (Å²) in [5.74, 6) is 0.0575. The van der Waals surface area contributed by atoms with Gasteiger partial charge in [-0.2, -0.15) is 0 Å². The van der Waals surface area contributed by atoms with E-state index < -0.39 is 5.91 Å². The number of halogens is 1. The van der Waals surface area contributed by atoms with Crippen molar-refractivity contribution in [3.63, 3.8) is 0 Å². The fourth-order valence-electron chi connectivity index (χ4n) is 4.26. The van der Waals surface area contributed by atoms with Crippen LogP contribution in [0.1, 0.15) is 35.2 Å². The molecule has 28 heavy (non-hydrogen) atoms. The minimum absolute atomic E-state index is 0. The molecule has 1 aromatic carbocycles. The molecule has 2 aliphatic rings. The normalized spacial score (nSPS) is 18.7. The number of aromatic nitrogens is 2. The maximum atomic E-state index is 11.4. The number of nitrogens with zero attached hydrogens (tertiary/aromatic N) is 4. The Morgan fingerprint density at radius 1 is 1.07 bits per heavy atom. The number of likely N-dealkylation sites (tertiary alicyclic amines) is 1. The molecule has 1 spiro atoms. The van der Waals surface area contributed by atoms with Crippen LogP contribution in [0.15, 0.2) is 42.7 Å². The molecule has 3 heterocycles. The fraction of sp³-hybridized carbons (Fsp3) is 0.450. The lowest BCUT2D eigenvalue weighted by atomic mass is 9.78. The van der Waals surface area contributed by atoms with Crippen molar-refractivity contribution < 1.29 is 10.0 Å². The lowest BCUT2D eigenvalue weighted by molar-refractivity contribution is 0.0705. The number of anilines is 1. The van der Waals surface area contributed by atoms with E-state index in [2.05, 4.69) is 50.1 Å². The zero-order valence-electron chi connectivity index (χ0n) is 15.8. The van der Waals surface area contributed by atoms with Crippen molar-refractivity contribution in [2.24, 2.45) is 5.41 Å². The van der Waals surface area contributed by atoms with Crippen molar-refractivity contribution in [1.29, 1.82) is 0 Å². The maximum absolute atomic E-state index is 11.4. The van der Waals surface area contributed by atoms with Gasteiger partial charge in [0.2, 0.25) is 5.95 Å². The molecule has 2 aromatic rings. The Balaban J connectivity index is 0.00000225. The van der Waals surface area contributed by atoms with Gasteiger partial charge in [0.1, 0.15) is 0 Å². The van der Waals surface area contributed by atoms with Crippen molar-refractivity contribution in [3.05, 3.63) is 53.9 Å². The highest BCUT2D eigenvalue weighted by Gasteiger charge is 2.40. The van der Waals surface area contributed by atoms with Gasteiger partial charge < -0.3 is 4.90 Å². The Kier molecular flexibility index (Phi) is 6.49. The Labute approximate surface area is 171 Å². The first-order valence-corrected chi connectivity index (χ1v) is 9.45. The SMILES string of the molecule is Cl.O=C(NO)c1cnc(N2CCC3(CCN(Cc4ccccc4)C3)CC2)nc1. The number of piperidine rings is 1. The molecule has 8 heteroatoms. The van der Waals surface area contributed by atoms with Crippen LogP contribution in [0.25, 0.3) is 0 Å². The van der Waals surface area contributed by atoms with Crippen molar-refractivity contribution >= 4 is 24.3 Å². The van der Waals surface area contributed by atoms with E-state index in [1.165, 1.54) is 24.4 Å². The zero-order chi connectivity index (χ0) is 18.7. The first-order valence-electron chi connectivity index (χ1n) is 9.45. The molecular weight excluding hydrogens is 378 g/mol. The summed E-state index contributed by atoms with van der Waals surface area (Å²) >= 11 is 0. The van der Waals surface area contributed by atoms with Crippen LogP contribution >= 0.6 is 12.4 Å². The third-order valence-corrected chi connectivity index (χ3v) is 5.88. The topological polar surface area (TPSA) is 81.6 Å². The maximum Gasteiger partial charge on any atom is 0.277 e. The zero-order valence-corrected chi connectivity index (χ0v) is 16.6. The summed E-state index contributed by atoms with van der Waals surface area (Å²) < 4.78 is 0. The van der Waals surface area contributed by atoms with Crippen LogP contribution < -0.4 is 10.4 Å². The van der Waals surface area contributed by atoms with Crippen molar-refractivity contribution in [3.8, 4) is 0 Å². The van der Waals surface area contributed by atoms with Crippen LogP contribution in [-0.2, 0) is 6.54 Å². The summed E-state index contributed by atoms with van der Waals surface area (Å²) in [5.41, 5.74) is 3.64. The van der Waals surface area contributed by atoms with E-state index in [9.17, 15) is 4.79 Å². The number of amides is 1. The second kappa shape index (κ2) is 8.86.